The van der Waals surface area contributed by atoms with Crippen molar-refractivity contribution in [2.45, 2.75) is 13.3 Å². The van der Waals surface area contributed by atoms with Crippen LogP contribution in [-0.2, 0) is 6.42 Å². The first-order valence-electron chi connectivity index (χ1n) is 7.40. The van der Waals surface area contributed by atoms with Crippen LogP contribution in [0.2, 0.25) is 0 Å². The second kappa shape index (κ2) is 4.74. The van der Waals surface area contributed by atoms with Gasteiger partial charge in [-0.05, 0) is 31.0 Å². The first kappa shape index (κ1) is 13.6. The molecule has 0 aliphatic carbocycles. The molecule has 6 nitrogen and oxygen atoms in total. The number of carbonyl (C=O) groups excluding carboxylic acids is 1. The number of benzene rings is 1. The topological polar surface area (TPSA) is 89.2 Å². The molecule has 0 saturated carbocycles. The van der Waals surface area contributed by atoms with Gasteiger partial charge in [0, 0.05) is 24.5 Å². The number of hydrogen-bond acceptors (Lipinski definition) is 3. The third kappa shape index (κ3) is 1.88. The second-order valence-electron chi connectivity index (χ2n) is 5.73. The number of carbonyl (C=O) groups is 1. The van der Waals surface area contributed by atoms with Crippen molar-refractivity contribution in [2.75, 3.05) is 11.4 Å². The van der Waals surface area contributed by atoms with E-state index in [0.717, 1.165) is 11.1 Å². The van der Waals surface area contributed by atoms with Gasteiger partial charge in [-0.3, -0.25) is 9.59 Å². The highest BCUT2D eigenvalue weighted by molar-refractivity contribution is 6.14. The molecule has 1 amide bonds. The maximum absolute atomic E-state index is 12.9. The lowest BCUT2D eigenvalue weighted by molar-refractivity contribution is 0.0991. The number of nitrogens with one attached hydrogen (secondary N) is 2. The minimum absolute atomic E-state index is 0.199. The van der Waals surface area contributed by atoms with Crippen LogP contribution < -0.4 is 10.5 Å². The summed E-state index contributed by atoms with van der Waals surface area (Å²) in [5.74, 6) is -0.0397. The molecule has 0 spiro atoms. The van der Waals surface area contributed by atoms with Crippen LogP contribution in [0.3, 0.4) is 0 Å². The molecule has 1 aliphatic rings. The number of aromatic amines is 2. The van der Waals surface area contributed by atoms with Crippen molar-refractivity contribution in [1.82, 2.24) is 9.97 Å². The van der Waals surface area contributed by atoms with Crippen molar-refractivity contribution in [3.05, 3.63) is 57.6 Å². The average molecular weight is 309 g/mol. The molecule has 3 aromatic rings. The minimum Gasteiger partial charge on any atom is -0.508 e. The summed E-state index contributed by atoms with van der Waals surface area (Å²) in [6.45, 7) is 2.36. The zero-order valence-corrected chi connectivity index (χ0v) is 12.5. The summed E-state index contributed by atoms with van der Waals surface area (Å²) in [6, 6.07) is 5.14. The van der Waals surface area contributed by atoms with E-state index in [-0.39, 0.29) is 17.2 Å². The van der Waals surface area contributed by atoms with Gasteiger partial charge in [-0.25, -0.2) is 0 Å². The van der Waals surface area contributed by atoms with Crippen molar-refractivity contribution < 1.29 is 9.90 Å². The Morgan fingerprint density at radius 3 is 2.91 bits per heavy atom. The standard InChI is InChI=1S/C17H15N3O3/c1-9-7-19-16(22)14-11(8-18-15(9)14)17(23)20-6-5-10-12(20)3-2-4-13(10)21/h2-4,7-8,18,21H,5-6H2,1H3,(H,19,22). The van der Waals surface area contributed by atoms with Crippen LogP contribution in [0.15, 0.2) is 35.4 Å². The maximum atomic E-state index is 12.9. The molecule has 0 saturated heterocycles. The highest BCUT2D eigenvalue weighted by Gasteiger charge is 2.29. The Kier molecular flexibility index (Phi) is 2.81. The van der Waals surface area contributed by atoms with Crippen LogP contribution in [0.25, 0.3) is 10.9 Å². The minimum atomic E-state index is -0.287. The van der Waals surface area contributed by atoms with Crippen LogP contribution in [0.5, 0.6) is 5.75 Å². The predicted octanol–water partition coefficient (Wildman–Crippen LogP) is 2.07. The molecule has 116 valence electrons. The number of H-pyrrole nitrogens is 2. The Morgan fingerprint density at radius 1 is 1.26 bits per heavy atom. The molecule has 4 rings (SSSR count). The molecule has 0 atom stereocenters. The fourth-order valence-electron chi connectivity index (χ4n) is 3.23. The second-order valence-corrected chi connectivity index (χ2v) is 5.73. The van der Waals surface area contributed by atoms with Gasteiger partial charge in [-0.2, -0.15) is 0 Å². The number of phenols is 1. The van der Waals surface area contributed by atoms with Crippen molar-refractivity contribution in [1.29, 1.82) is 0 Å². The molecular weight excluding hydrogens is 294 g/mol. The predicted molar refractivity (Wildman–Crippen MR) is 87.1 cm³/mol. The quantitative estimate of drug-likeness (QED) is 0.643. The molecule has 0 unspecified atom stereocenters. The molecule has 0 radical (unpaired) electrons. The highest BCUT2D eigenvalue weighted by Crippen LogP contribution is 2.35. The molecule has 1 aliphatic heterocycles. The summed E-state index contributed by atoms with van der Waals surface area (Å²) in [4.78, 5) is 32.4. The monoisotopic (exact) mass is 309 g/mol. The molecular formula is C17H15N3O3. The van der Waals surface area contributed by atoms with E-state index < -0.39 is 0 Å². The Bertz CT molecular complexity index is 1000. The van der Waals surface area contributed by atoms with Crippen LogP contribution in [0.4, 0.5) is 5.69 Å². The van der Waals surface area contributed by atoms with Crippen LogP contribution in [0.1, 0.15) is 21.5 Å². The van der Waals surface area contributed by atoms with Crippen molar-refractivity contribution in [2.24, 2.45) is 0 Å². The Hall–Kier alpha value is -3.02. The lowest BCUT2D eigenvalue weighted by Gasteiger charge is -2.16. The zero-order valence-electron chi connectivity index (χ0n) is 12.5. The number of rotatable bonds is 1. The van der Waals surface area contributed by atoms with Gasteiger partial charge in [0.1, 0.15) is 5.75 Å². The highest BCUT2D eigenvalue weighted by atomic mass is 16.3. The lowest BCUT2D eigenvalue weighted by atomic mass is 10.1. The molecule has 0 fully saturated rings. The number of pyridine rings is 1. The van der Waals surface area contributed by atoms with Gasteiger partial charge < -0.3 is 20.0 Å². The lowest BCUT2D eigenvalue weighted by Crippen LogP contribution is -2.29. The SMILES string of the molecule is Cc1c[nH]c(=O)c2c(C(=O)N3CCc4c(O)cccc43)c[nH]c12. The van der Waals surface area contributed by atoms with Crippen molar-refractivity contribution in [3.63, 3.8) is 0 Å². The number of fused-ring (bicyclic) bond motifs is 2. The summed E-state index contributed by atoms with van der Waals surface area (Å²) >= 11 is 0. The van der Waals surface area contributed by atoms with Crippen LogP contribution in [-0.4, -0.2) is 27.5 Å². The Morgan fingerprint density at radius 2 is 2.09 bits per heavy atom. The average Bonchev–Trinajstić information content (AvgIpc) is 3.16. The summed E-state index contributed by atoms with van der Waals surface area (Å²) in [7, 11) is 0. The van der Waals surface area contributed by atoms with Crippen molar-refractivity contribution in [3.8, 4) is 5.75 Å². The van der Waals surface area contributed by atoms with E-state index >= 15 is 0 Å². The fraction of sp³-hybridized carbons (Fsp3) is 0.176. The van der Waals surface area contributed by atoms with Crippen LogP contribution in [0, 0.1) is 6.92 Å². The van der Waals surface area contributed by atoms with E-state index in [0.29, 0.717) is 35.1 Å². The van der Waals surface area contributed by atoms with Crippen LogP contribution >= 0.6 is 0 Å². The summed E-state index contributed by atoms with van der Waals surface area (Å²) in [6.07, 6.45) is 3.81. The summed E-state index contributed by atoms with van der Waals surface area (Å²) in [5, 5.41) is 10.3. The van der Waals surface area contributed by atoms with Gasteiger partial charge in [-0.1, -0.05) is 6.07 Å². The molecule has 3 N–H and O–H groups in total. The number of anilines is 1. The molecule has 0 bridgehead atoms. The van der Waals surface area contributed by atoms with E-state index in [4.69, 9.17) is 0 Å². The van der Waals surface area contributed by atoms with Gasteiger partial charge >= 0.3 is 0 Å². The number of hydrogen-bond donors (Lipinski definition) is 3. The number of aryl methyl sites for hydroxylation is 1. The normalized spacial score (nSPS) is 13.5. The fourth-order valence-corrected chi connectivity index (χ4v) is 3.23. The Balaban J connectivity index is 1.85. The van der Waals surface area contributed by atoms with Gasteiger partial charge in [0.15, 0.2) is 0 Å². The maximum Gasteiger partial charge on any atom is 0.260 e. The number of aromatic nitrogens is 2. The van der Waals surface area contributed by atoms with E-state index in [2.05, 4.69) is 9.97 Å². The first-order chi connectivity index (χ1) is 11.1. The largest absolute Gasteiger partial charge is 0.508 e. The molecule has 6 heteroatoms. The molecule has 3 heterocycles. The van der Waals surface area contributed by atoms with E-state index in [1.165, 1.54) is 0 Å². The van der Waals surface area contributed by atoms with Crippen molar-refractivity contribution >= 4 is 22.5 Å². The van der Waals surface area contributed by atoms with Gasteiger partial charge in [0.05, 0.1) is 22.2 Å². The van der Waals surface area contributed by atoms with Gasteiger partial charge in [0.25, 0.3) is 11.5 Å². The molecule has 2 aromatic heterocycles. The third-order valence-corrected chi connectivity index (χ3v) is 4.40. The third-order valence-electron chi connectivity index (χ3n) is 4.40. The molecule has 1 aromatic carbocycles. The number of phenolic OH excluding ortho intramolecular Hbond substituents is 1. The molecule has 23 heavy (non-hydrogen) atoms. The summed E-state index contributed by atoms with van der Waals surface area (Å²) in [5.41, 5.74) is 3.08. The van der Waals surface area contributed by atoms with E-state index in [1.54, 1.807) is 29.4 Å². The van der Waals surface area contributed by atoms with Gasteiger partial charge in [-0.15, -0.1) is 0 Å². The number of nitrogens with zero attached hydrogens (tertiary/aromatic N) is 1. The zero-order chi connectivity index (χ0) is 16.1. The summed E-state index contributed by atoms with van der Waals surface area (Å²) < 4.78 is 0. The number of aromatic hydroxyl groups is 1. The first-order valence-corrected chi connectivity index (χ1v) is 7.40. The number of amides is 1. The van der Waals surface area contributed by atoms with E-state index in [1.807, 2.05) is 13.0 Å². The Labute approximate surface area is 131 Å². The van der Waals surface area contributed by atoms with Gasteiger partial charge in [0.2, 0.25) is 0 Å². The van der Waals surface area contributed by atoms with E-state index in [9.17, 15) is 14.7 Å². The smallest absolute Gasteiger partial charge is 0.260 e.